The summed E-state index contributed by atoms with van der Waals surface area (Å²) in [5.41, 5.74) is 7.10. The van der Waals surface area contributed by atoms with Crippen molar-refractivity contribution in [2.45, 2.75) is 52.1 Å². The van der Waals surface area contributed by atoms with Crippen LogP contribution in [0.3, 0.4) is 0 Å². The number of nitrogens with two attached hydrogens (primary N) is 1. The van der Waals surface area contributed by atoms with Crippen molar-refractivity contribution in [1.29, 1.82) is 0 Å². The fourth-order valence-electron chi connectivity index (χ4n) is 2.52. The lowest BCUT2D eigenvalue weighted by atomic mass is 10.1. The summed E-state index contributed by atoms with van der Waals surface area (Å²) >= 11 is 0. The fourth-order valence-corrected chi connectivity index (χ4v) is 2.52. The molecule has 108 valence electrons. The zero-order valence-corrected chi connectivity index (χ0v) is 12.6. The van der Waals surface area contributed by atoms with Crippen LogP contribution in [-0.4, -0.2) is 14.8 Å². The molecule has 0 amide bonds. The third-order valence-corrected chi connectivity index (χ3v) is 3.36. The van der Waals surface area contributed by atoms with Crippen LogP contribution in [0.4, 0.5) is 0 Å². The number of nitrogens with zero attached hydrogens (tertiary/aromatic N) is 3. The Labute approximate surface area is 121 Å². The molecule has 0 radical (unpaired) electrons. The first-order valence-corrected chi connectivity index (χ1v) is 7.20. The van der Waals surface area contributed by atoms with E-state index in [9.17, 15) is 0 Å². The second-order valence-electron chi connectivity index (χ2n) is 6.08. The molecule has 0 fully saturated rings. The second-order valence-corrected chi connectivity index (χ2v) is 6.08. The average molecular weight is 272 g/mol. The van der Waals surface area contributed by atoms with Gasteiger partial charge in [-0.25, -0.2) is 0 Å². The summed E-state index contributed by atoms with van der Waals surface area (Å²) in [5.74, 6) is 1.90. The van der Waals surface area contributed by atoms with E-state index < -0.39 is 0 Å². The third-order valence-electron chi connectivity index (χ3n) is 3.36. The lowest BCUT2D eigenvalue weighted by Gasteiger charge is -2.24. The molecule has 1 heterocycles. The Morgan fingerprint density at radius 3 is 2.25 bits per heavy atom. The van der Waals surface area contributed by atoms with Gasteiger partial charge in [0.15, 0.2) is 0 Å². The van der Waals surface area contributed by atoms with E-state index in [1.165, 1.54) is 5.56 Å². The molecule has 0 unspecified atom stereocenters. The molecule has 2 N–H and O–H groups in total. The molecule has 1 aromatic carbocycles. The molecule has 0 atom stereocenters. The molecule has 2 aromatic rings. The Kier molecular flexibility index (Phi) is 4.55. The van der Waals surface area contributed by atoms with Crippen molar-refractivity contribution in [1.82, 2.24) is 14.8 Å². The molecule has 20 heavy (non-hydrogen) atoms. The van der Waals surface area contributed by atoms with Crippen molar-refractivity contribution in [3.05, 3.63) is 47.5 Å². The predicted molar refractivity (Wildman–Crippen MR) is 81.4 cm³/mol. The number of hydrogen-bond acceptors (Lipinski definition) is 3. The van der Waals surface area contributed by atoms with Crippen LogP contribution in [-0.2, 0) is 24.9 Å². The van der Waals surface area contributed by atoms with Gasteiger partial charge in [-0.2, -0.15) is 0 Å². The first kappa shape index (κ1) is 14.7. The van der Waals surface area contributed by atoms with Crippen molar-refractivity contribution in [3.63, 3.8) is 0 Å². The molecule has 0 aliphatic carbocycles. The summed E-state index contributed by atoms with van der Waals surface area (Å²) in [4.78, 5) is 0. The van der Waals surface area contributed by atoms with E-state index in [2.05, 4.69) is 59.8 Å². The highest BCUT2D eigenvalue weighted by atomic mass is 15.3. The first-order valence-electron chi connectivity index (χ1n) is 7.20. The maximum atomic E-state index is 5.76. The average Bonchev–Trinajstić information content (AvgIpc) is 2.83. The maximum absolute atomic E-state index is 5.76. The van der Waals surface area contributed by atoms with Crippen LogP contribution >= 0.6 is 0 Å². The van der Waals surface area contributed by atoms with Gasteiger partial charge in [0.1, 0.15) is 11.6 Å². The van der Waals surface area contributed by atoms with Crippen molar-refractivity contribution in [2.24, 2.45) is 5.73 Å². The Morgan fingerprint density at radius 1 is 1.00 bits per heavy atom. The molecule has 4 nitrogen and oxygen atoms in total. The molecule has 0 aliphatic heterocycles. The molecule has 4 heteroatoms. The van der Waals surface area contributed by atoms with E-state index >= 15 is 0 Å². The smallest absolute Gasteiger partial charge is 0.147 e. The molecular weight excluding hydrogens is 248 g/mol. The summed E-state index contributed by atoms with van der Waals surface area (Å²) in [7, 11) is 0. The van der Waals surface area contributed by atoms with Gasteiger partial charge in [0.05, 0.1) is 6.54 Å². The molecule has 0 saturated heterocycles. The van der Waals surface area contributed by atoms with E-state index in [-0.39, 0.29) is 5.54 Å². The SMILES string of the molecule is CC(C)(C)n1c(CN)nnc1CCCc1ccccc1. The fraction of sp³-hybridized carbons (Fsp3) is 0.500. The monoisotopic (exact) mass is 272 g/mol. The summed E-state index contributed by atoms with van der Waals surface area (Å²) in [6, 6.07) is 10.5. The van der Waals surface area contributed by atoms with Gasteiger partial charge in [-0.05, 0) is 39.2 Å². The van der Waals surface area contributed by atoms with Gasteiger partial charge in [-0.1, -0.05) is 30.3 Å². The Morgan fingerprint density at radius 2 is 1.65 bits per heavy atom. The van der Waals surface area contributed by atoms with Crippen molar-refractivity contribution >= 4 is 0 Å². The molecule has 0 saturated carbocycles. The minimum Gasteiger partial charge on any atom is -0.324 e. The van der Waals surface area contributed by atoms with Crippen LogP contribution in [0.15, 0.2) is 30.3 Å². The summed E-state index contributed by atoms with van der Waals surface area (Å²) < 4.78 is 2.18. The number of rotatable bonds is 5. The third kappa shape index (κ3) is 3.45. The predicted octanol–water partition coefficient (Wildman–Crippen LogP) is 2.67. The van der Waals surface area contributed by atoms with Gasteiger partial charge >= 0.3 is 0 Å². The van der Waals surface area contributed by atoms with Gasteiger partial charge in [0.2, 0.25) is 0 Å². The highest BCUT2D eigenvalue weighted by molar-refractivity contribution is 5.14. The lowest BCUT2D eigenvalue weighted by Crippen LogP contribution is -2.27. The van der Waals surface area contributed by atoms with E-state index in [0.717, 1.165) is 30.9 Å². The highest BCUT2D eigenvalue weighted by Crippen LogP contribution is 2.19. The Balaban J connectivity index is 2.05. The Hall–Kier alpha value is -1.68. The number of hydrogen-bond donors (Lipinski definition) is 1. The van der Waals surface area contributed by atoms with Crippen molar-refractivity contribution in [2.75, 3.05) is 0 Å². The maximum Gasteiger partial charge on any atom is 0.147 e. The van der Waals surface area contributed by atoms with Crippen molar-refractivity contribution < 1.29 is 0 Å². The molecule has 0 spiro atoms. The number of benzene rings is 1. The second kappa shape index (κ2) is 6.18. The number of aromatic nitrogens is 3. The summed E-state index contributed by atoms with van der Waals surface area (Å²) in [5, 5.41) is 8.53. The van der Waals surface area contributed by atoms with E-state index in [1.807, 2.05) is 6.07 Å². The van der Waals surface area contributed by atoms with Crippen LogP contribution in [0.2, 0.25) is 0 Å². The zero-order chi connectivity index (χ0) is 14.6. The normalized spacial score (nSPS) is 11.8. The van der Waals surface area contributed by atoms with Gasteiger partial charge in [-0.3, -0.25) is 0 Å². The van der Waals surface area contributed by atoms with E-state index in [0.29, 0.717) is 6.54 Å². The van der Waals surface area contributed by atoms with Gasteiger partial charge in [0.25, 0.3) is 0 Å². The van der Waals surface area contributed by atoms with Crippen LogP contribution in [0.1, 0.15) is 44.4 Å². The molecule has 0 aliphatic rings. The largest absolute Gasteiger partial charge is 0.324 e. The van der Waals surface area contributed by atoms with E-state index in [1.54, 1.807) is 0 Å². The minimum atomic E-state index is -0.0275. The van der Waals surface area contributed by atoms with Gasteiger partial charge in [0, 0.05) is 12.0 Å². The molecule has 0 bridgehead atoms. The van der Waals surface area contributed by atoms with Crippen LogP contribution in [0.25, 0.3) is 0 Å². The van der Waals surface area contributed by atoms with Gasteiger partial charge in [-0.15, -0.1) is 10.2 Å². The quantitative estimate of drug-likeness (QED) is 0.910. The topological polar surface area (TPSA) is 56.7 Å². The van der Waals surface area contributed by atoms with Crippen LogP contribution < -0.4 is 5.73 Å². The number of aryl methyl sites for hydroxylation is 2. The molecule has 1 aromatic heterocycles. The van der Waals surface area contributed by atoms with Crippen molar-refractivity contribution in [3.8, 4) is 0 Å². The highest BCUT2D eigenvalue weighted by Gasteiger charge is 2.21. The van der Waals surface area contributed by atoms with E-state index in [4.69, 9.17) is 5.73 Å². The summed E-state index contributed by atoms with van der Waals surface area (Å²) in [6.45, 7) is 6.92. The van der Waals surface area contributed by atoms with Crippen LogP contribution in [0.5, 0.6) is 0 Å². The minimum absolute atomic E-state index is 0.0275. The van der Waals surface area contributed by atoms with Crippen LogP contribution in [0, 0.1) is 0 Å². The Bertz CT molecular complexity index is 537. The molecule has 2 rings (SSSR count). The lowest BCUT2D eigenvalue weighted by molar-refractivity contribution is 0.368. The first-order chi connectivity index (χ1) is 9.52. The molecular formula is C16H24N4. The summed E-state index contributed by atoms with van der Waals surface area (Å²) in [6.07, 6.45) is 3.07. The standard InChI is InChI=1S/C16H24N4/c1-16(2,3)20-14(18-19-15(20)12-17)11-7-10-13-8-5-4-6-9-13/h4-6,8-9H,7,10-12,17H2,1-3H3. The zero-order valence-electron chi connectivity index (χ0n) is 12.6. The van der Waals surface area contributed by atoms with Gasteiger partial charge < -0.3 is 10.3 Å².